The van der Waals surface area contributed by atoms with Crippen LogP contribution >= 0.6 is 23.4 Å². The Morgan fingerprint density at radius 1 is 1.09 bits per heavy atom. The molecule has 0 unspecified atom stereocenters. The van der Waals surface area contributed by atoms with Gasteiger partial charge in [0.15, 0.2) is 10.9 Å². The maximum absolute atomic E-state index is 13.2. The maximum atomic E-state index is 13.2. The summed E-state index contributed by atoms with van der Waals surface area (Å²) in [7, 11) is 0. The Bertz CT molecular complexity index is 1460. The molecule has 0 saturated carbocycles. The molecular weight excluding hydrogens is 474 g/mol. The third kappa shape index (κ3) is 4.71. The molecule has 8 nitrogen and oxygen atoms in total. The van der Waals surface area contributed by atoms with E-state index in [9.17, 15) is 14.4 Å². The number of Topliss-reactive ketones (excluding diaryl/α,β-unsaturated/α-hetero) is 1. The fourth-order valence-electron chi connectivity index (χ4n) is 3.60. The van der Waals surface area contributed by atoms with E-state index >= 15 is 0 Å². The number of benzene rings is 2. The highest BCUT2D eigenvalue weighted by atomic mass is 35.5. The van der Waals surface area contributed by atoms with Crippen LogP contribution in [0.25, 0.3) is 5.69 Å². The Morgan fingerprint density at radius 3 is 2.56 bits per heavy atom. The number of ketones is 1. The van der Waals surface area contributed by atoms with Crippen molar-refractivity contribution in [3.05, 3.63) is 104 Å². The first kappa shape index (κ1) is 23.6. The van der Waals surface area contributed by atoms with E-state index in [1.165, 1.54) is 16.3 Å². The summed E-state index contributed by atoms with van der Waals surface area (Å²) in [6, 6.07) is 16.5. The monoisotopic (exact) mass is 495 g/mol. The molecule has 2 aromatic carbocycles. The molecule has 0 aliphatic rings. The van der Waals surface area contributed by atoms with Gasteiger partial charge in [-0.2, -0.15) is 0 Å². The Hall–Kier alpha value is -3.56. The van der Waals surface area contributed by atoms with Gasteiger partial charge >= 0.3 is 5.69 Å². The summed E-state index contributed by atoms with van der Waals surface area (Å²) < 4.78 is 4.10. The van der Waals surface area contributed by atoms with Crippen molar-refractivity contribution in [3.63, 3.8) is 0 Å². The van der Waals surface area contributed by atoms with Crippen molar-refractivity contribution in [1.82, 2.24) is 18.7 Å². The highest BCUT2D eigenvalue weighted by Crippen LogP contribution is 2.23. The van der Waals surface area contributed by atoms with Gasteiger partial charge in [0.25, 0.3) is 5.56 Å². The second kappa shape index (κ2) is 10.1. The minimum atomic E-state index is -0.682. The van der Waals surface area contributed by atoms with Crippen LogP contribution in [0.3, 0.4) is 0 Å². The van der Waals surface area contributed by atoms with Gasteiger partial charge in [0.2, 0.25) is 0 Å². The van der Waals surface area contributed by atoms with Gasteiger partial charge in [0, 0.05) is 29.6 Å². The molecule has 4 aromatic rings. The minimum Gasteiger partial charge on any atom is -0.384 e. The van der Waals surface area contributed by atoms with Gasteiger partial charge in [-0.25, -0.2) is 9.78 Å². The number of carbonyl (C=O) groups is 1. The molecule has 0 spiro atoms. The Balaban J connectivity index is 1.65. The second-order valence-electron chi connectivity index (χ2n) is 7.44. The lowest BCUT2D eigenvalue weighted by molar-refractivity contribution is 0.102. The number of rotatable bonds is 8. The second-order valence-corrected chi connectivity index (χ2v) is 8.81. The number of aromatic nitrogens is 4. The van der Waals surface area contributed by atoms with Crippen molar-refractivity contribution in [2.45, 2.75) is 25.2 Å². The number of carbonyl (C=O) groups excluding carboxylic acids is 1. The van der Waals surface area contributed by atoms with E-state index in [4.69, 9.17) is 17.3 Å². The molecule has 0 amide bonds. The fraction of sp³-hybridized carbons (Fsp3) is 0.167. The predicted octanol–water partition coefficient (Wildman–Crippen LogP) is 3.47. The summed E-state index contributed by atoms with van der Waals surface area (Å²) in [5.74, 6) is -0.686. The zero-order valence-corrected chi connectivity index (χ0v) is 19.9. The molecule has 0 fully saturated rings. The number of anilines is 1. The van der Waals surface area contributed by atoms with Crippen LogP contribution in [-0.2, 0) is 13.1 Å². The zero-order chi connectivity index (χ0) is 24.2. The minimum absolute atomic E-state index is 0.0791. The molecule has 2 aromatic heterocycles. The highest BCUT2D eigenvalue weighted by Gasteiger charge is 2.23. The van der Waals surface area contributed by atoms with E-state index in [0.29, 0.717) is 10.2 Å². The standard InChI is InChI=1S/C24H22ClN5O3S/c1-2-28-22(32)20(21(26)30(24(28)33)14-16-7-4-3-5-8-16)19(31)15-34-23-27-11-12-29(23)18-10-6-9-17(25)13-18/h3-13H,2,14-15,26H2,1H3. The number of nitrogens with zero attached hydrogens (tertiary/aromatic N) is 4. The molecular formula is C24H22ClN5O3S. The van der Waals surface area contributed by atoms with Crippen LogP contribution in [0, 0.1) is 0 Å². The average Bonchev–Trinajstić information content (AvgIpc) is 3.30. The normalized spacial score (nSPS) is 11.0. The van der Waals surface area contributed by atoms with E-state index in [2.05, 4.69) is 4.98 Å². The molecule has 0 atom stereocenters. The lowest BCUT2D eigenvalue weighted by Crippen LogP contribution is -2.44. The maximum Gasteiger partial charge on any atom is 0.332 e. The van der Waals surface area contributed by atoms with E-state index in [-0.39, 0.29) is 30.2 Å². The van der Waals surface area contributed by atoms with Crippen LogP contribution in [0.4, 0.5) is 5.82 Å². The van der Waals surface area contributed by atoms with Crippen molar-refractivity contribution >= 4 is 35.0 Å². The van der Waals surface area contributed by atoms with Gasteiger partial charge < -0.3 is 5.73 Å². The Morgan fingerprint density at radius 2 is 1.85 bits per heavy atom. The first-order chi connectivity index (χ1) is 16.4. The van der Waals surface area contributed by atoms with Crippen LogP contribution in [0.5, 0.6) is 0 Å². The predicted molar refractivity (Wildman–Crippen MR) is 134 cm³/mol. The lowest BCUT2D eigenvalue weighted by atomic mass is 10.2. The molecule has 0 radical (unpaired) electrons. The number of hydrogen-bond donors (Lipinski definition) is 1. The van der Waals surface area contributed by atoms with Crippen molar-refractivity contribution in [2.75, 3.05) is 11.5 Å². The summed E-state index contributed by atoms with van der Waals surface area (Å²) in [6.07, 6.45) is 3.38. The quantitative estimate of drug-likeness (QED) is 0.296. The van der Waals surface area contributed by atoms with Gasteiger partial charge in [-0.1, -0.05) is 59.8 Å². The number of nitrogens with two attached hydrogens (primary N) is 1. The first-order valence-electron chi connectivity index (χ1n) is 10.5. The van der Waals surface area contributed by atoms with Crippen LogP contribution in [0.15, 0.2) is 81.7 Å². The number of hydrogen-bond acceptors (Lipinski definition) is 6. The summed E-state index contributed by atoms with van der Waals surface area (Å²) in [5.41, 5.74) is 6.43. The van der Waals surface area contributed by atoms with E-state index < -0.39 is 17.0 Å². The molecule has 0 aliphatic carbocycles. The lowest BCUT2D eigenvalue weighted by Gasteiger charge is -2.16. The molecule has 2 N–H and O–H groups in total. The number of imidazole rings is 1. The van der Waals surface area contributed by atoms with Crippen molar-refractivity contribution in [1.29, 1.82) is 0 Å². The Kier molecular flexibility index (Phi) is 7.04. The zero-order valence-electron chi connectivity index (χ0n) is 18.3. The molecule has 174 valence electrons. The summed E-state index contributed by atoms with van der Waals surface area (Å²) >= 11 is 7.27. The fourth-order valence-corrected chi connectivity index (χ4v) is 4.63. The van der Waals surface area contributed by atoms with Crippen LogP contribution in [0.2, 0.25) is 5.02 Å². The van der Waals surface area contributed by atoms with Crippen LogP contribution < -0.4 is 17.0 Å². The highest BCUT2D eigenvalue weighted by molar-refractivity contribution is 7.99. The molecule has 4 rings (SSSR count). The largest absolute Gasteiger partial charge is 0.384 e. The number of thioether (sulfide) groups is 1. The van der Waals surface area contributed by atoms with Gasteiger partial charge in [0.1, 0.15) is 11.4 Å². The smallest absolute Gasteiger partial charge is 0.332 e. The SMILES string of the molecule is CCn1c(=O)c(C(=O)CSc2nccn2-c2cccc(Cl)c2)c(N)n(Cc2ccccc2)c1=O. The molecule has 0 bridgehead atoms. The first-order valence-corrected chi connectivity index (χ1v) is 11.9. The van der Waals surface area contributed by atoms with Crippen molar-refractivity contribution < 1.29 is 4.79 Å². The molecule has 2 heterocycles. The topological polar surface area (TPSA) is 105 Å². The van der Waals surface area contributed by atoms with Crippen molar-refractivity contribution in [2.24, 2.45) is 0 Å². The average molecular weight is 496 g/mol. The van der Waals surface area contributed by atoms with Crippen LogP contribution in [0.1, 0.15) is 22.8 Å². The molecule has 10 heteroatoms. The van der Waals surface area contributed by atoms with E-state index in [1.54, 1.807) is 36.0 Å². The van der Waals surface area contributed by atoms with Gasteiger partial charge in [-0.05, 0) is 30.7 Å². The van der Waals surface area contributed by atoms with Crippen molar-refractivity contribution in [3.8, 4) is 5.69 Å². The molecule has 0 saturated heterocycles. The molecule has 0 aliphatic heterocycles. The number of halogens is 1. The van der Waals surface area contributed by atoms with Gasteiger partial charge in [-0.3, -0.25) is 23.3 Å². The molecule has 34 heavy (non-hydrogen) atoms. The van der Waals surface area contributed by atoms with Crippen LogP contribution in [-0.4, -0.2) is 30.2 Å². The van der Waals surface area contributed by atoms with E-state index in [1.807, 2.05) is 42.5 Å². The summed E-state index contributed by atoms with van der Waals surface area (Å²) in [4.78, 5) is 43.4. The third-order valence-electron chi connectivity index (χ3n) is 5.27. The Labute approximate surface area is 204 Å². The third-order valence-corrected chi connectivity index (χ3v) is 6.47. The van der Waals surface area contributed by atoms with Gasteiger partial charge in [-0.15, -0.1) is 0 Å². The number of nitrogen functional groups attached to an aromatic ring is 1. The summed E-state index contributed by atoms with van der Waals surface area (Å²) in [5, 5.41) is 1.13. The van der Waals surface area contributed by atoms with E-state index in [0.717, 1.165) is 15.8 Å². The van der Waals surface area contributed by atoms with Gasteiger partial charge in [0.05, 0.1) is 12.3 Å². The summed E-state index contributed by atoms with van der Waals surface area (Å²) in [6.45, 7) is 1.95.